The van der Waals surface area contributed by atoms with E-state index >= 15 is 0 Å². The molecular formula is C17H24N2OS. The monoisotopic (exact) mass is 304 g/mol. The number of benzene rings is 1. The van der Waals surface area contributed by atoms with E-state index in [9.17, 15) is 0 Å². The molecule has 0 saturated carbocycles. The van der Waals surface area contributed by atoms with Crippen LogP contribution in [0.15, 0.2) is 29.6 Å². The highest BCUT2D eigenvalue weighted by Gasteiger charge is 2.32. The van der Waals surface area contributed by atoms with Crippen LogP contribution in [-0.2, 0) is 4.74 Å². The summed E-state index contributed by atoms with van der Waals surface area (Å²) >= 11 is 1.82. The Kier molecular flexibility index (Phi) is 4.60. The molecule has 2 N–H and O–H groups in total. The van der Waals surface area contributed by atoms with Gasteiger partial charge in [-0.25, -0.2) is 0 Å². The Labute approximate surface area is 130 Å². The maximum Gasteiger partial charge on any atom is 0.0675 e. The molecule has 0 bridgehead atoms. The molecule has 3 atom stereocenters. The van der Waals surface area contributed by atoms with E-state index in [1.54, 1.807) is 0 Å². The predicted octanol–water partition coefficient (Wildman–Crippen LogP) is 3.40. The first kappa shape index (κ1) is 15.0. The van der Waals surface area contributed by atoms with Gasteiger partial charge in [0, 0.05) is 29.9 Å². The molecule has 3 nitrogen and oxygen atoms in total. The zero-order valence-electron chi connectivity index (χ0n) is 12.8. The summed E-state index contributed by atoms with van der Waals surface area (Å²) in [7, 11) is 0. The fraction of sp³-hybridized carbons (Fsp3) is 0.529. The van der Waals surface area contributed by atoms with E-state index in [2.05, 4.69) is 48.4 Å². The third-order valence-corrected chi connectivity index (χ3v) is 5.46. The van der Waals surface area contributed by atoms with Crippen molar-refractivity contribution in [3.63, 3.8) is 0 Å². The molecule has 0 amide bonds. The molecule has 21 heavy (non-hydrogen) atoms. The Bertz CT molecular complexity index is 597. The molecule has 1 aromatic carbocycles. The first-order chi connectivity index (χ1) is 10.2. The molecule has 0 aliphatic carbocycles. The van der Waals surface area contributed by atoms with E-state index in [0.717, 1.165) is 19.6 Å². The average molecular weight is 304 g/mol. The third kappa shape index (κ3) is 2.86. The molecule has 4 heteroatoms. The van der Waals surface area contributed by atoms with Crippen molar-refractivity contribution in [3.8, 4) is 0 Å². The number of fused-ring (bicyclic) bond motifs is 1. The highest BCUT2D eigenvalue weighted by atomic mass is 32.1. The van der Waals surface area contributed by atoms with Crippen LogP contribution in [0, 0.1) is 0 Å². The Morgan fingerprint density at radius 1 is 1.43 bits per heavy atom. The van der Waals surface area contributed by atoms with Crippen molar-refractivity contribution in [1.29, 1.82) is 0 Å². The summed E-state index contributed by atoms with van der Waals surface area (Å²) in [6, 6.07) is 9.38. The van der Waals surface area contributed by atoms with Crippen LogP contribution >= 0.6 is 11.3 Å². The van der Waals surface area contributed by atoms with Gasteiger partial charge in [-0.3, -0.25) is 4.90 Å². The lowest BCUT2D eigenvalue weighted by molar-refractivity contribution is -0.0716. The molecule has 1 aromatic heterocycles. The lowest BCUT2D eigenvalue weighted by Crippen LogP contribution is -2.51. The van der Waals surface area contributed by atoms with Crippen LogP contribution in [0.3, 0.4) is 0 Å². The van der Waals surface area contributed by atoms with Crippen LogP contribution < -0.4 is 5.73 Å². The number of rotatable bonds is 4. The van der Waals surface area contributed by atoms with Crippen molar-refractivity contribution in [2.45, 2.75) is 38.5 Å². The van der Waals surface area contributed by atoms with Crippen LogP contribution in [0.1, 0.15) is 31.9 Å². The van der Waals surface area contributed by atoms with Crippen LogP contribution in [0.2, 0.25) is 0 Å². The maximum absolute atomic E-state index is 6.17. The van der Waals surface area contributed by atoms with E-state index in [4.69, 9.17) is 10.5 Å². The Morgan fingerprint density at radius 3 is 3.00 bits per heavy atom. The Balaban J connectivity index is 1.96. The van der Waals surface area contributed by atoms with Gasteiger partial charge in [0.15, 0.2) is 0 Å². The summed E-state index contributed by atoms with van der Waals surface area (Å²) in [4.78, 5) is 2.56. The van der Waals surface area contributed by atoms with Crippen LogP contribution in [0.4, 0.5) is 0 Å². The van der Waals surface area contributed by atoms with Crippen molar-refractivity contribution < 1.29 is 4.74 Å². The lowest BCUT2D eigenvalue weighted by atomic mass is 10.00. The minimum atomic E-state index is 0.284. The van der Waals surface area contributed by atoms with E-state index in [0.29, 0.717) is 12.6 Å². The number of nitrogens with two attached hydrogens (primary N) is 1. The Hall–Kier alpha value is -0.940. The molecule has 1 fully saturated rings. The fourth-order valence-electron chi connectivity index (χ4n) is 3.30. The molecule has 0 spiro atoms. The molecular weight excluding hydrogens is 280 g/mol. The number of morpholine rings is 1. The number of nitrogens with zero attached hydrogens (tertiary/aromatic N) is 1. The fourth-order valence-corrected chi connectivity index (χ4v) is 4.31. The zero-order chi connectivity index (χ0) is 14.8. The van der Waals surface area contributed by atoms with E-state index in [1.807, 2.05) is 11.3 Å². The molecule has 2 aromatic rings. The number of hydrogen-bond acceptors (Lipinski definition) is 4. The summed E-state index contributed by atoms with van der Waals surface area (Å²) < 4.78 is 7.18. The van der Waals surface area contributed by atoms with Gasteiger partial charge >= 0.3 is 0 Å². The van der Waals surface area contributed by atoms with Crippen molar-refractivity contribution >= 4 is 21.4 Å². The van der Waals surface area contributed by atoms with Crippen LogP contribution in [0.5, 0.6) is 0 Å². The molecule has 1 aliphatic rings. The van der Waals surface area contributed by atoms with Gasteiger partial charge in [0.25, 0.3) is 0 Å². The van der Waals surface area contributed by atoms with Crippen LogP contribution in [0.25, 0.3) is 10.1 Å². The van der Waals surface area contributed by atoms with Gasteiger partial charge in [0.2, 0.25) is 0 Å². The van der Waals surface area contributed by atoms with E-state index < -0.39 is 0 Å². The number of ether oxygens (including phenoxy) is 1. The standard InChI is InChI=1S/C17H24N2OS/c1-3-13-10-20-12(2)9-19(13)16(8-18)15-11-21-17-7-5-4-6-14(15)17/h4-7,11-13,16H,3,8-10,18H2,1-2H3. The highest BCUT2D eigenvalue weighted by Crippen LogP contribution is 2.35. The van der Waals surface area contributed by atoms with Gasteiger partial charge in [-0.2, -0.15) is 0 Å². The molecule has 1 saturated heterocycles. The molecule has 3 unspecified atom stereocenters. The van der Waals surface area contributed by atoms with Crippen molar-refractivity contribution in [3.05, 3.63) is 35.2 Å². The summed E-state index contributed by atoms with van der Waals surface area (Å²) in [5.41, 5.74) is 7.55. The molecule has 3 rings (SSSR count). The normalized spacial score (nSPS) is 25.3. The maximum atomic E-state index is 6.17. The minimum Gasteiger partial charge on any atom is -0.376 e. The summed E-state index contributed by atoms with van der Waals surface area (Å²) in [5.74, 6) is 0. The van der Waals surface area contributed by atoms with Gasteiger partial charge in [-0.1, -0.05) is 25.1 Å². The zero-order valence-corrected chi connectivity index (χ0v) is 13.6. The number of thiophene rings is 1. The third-order valence-electron chi connectivity index (χ3n) is 4.47. The summed E-state index contributed by atoms with van der Waals surface area (Å²) in [6.45, 7) is 6.82. The lowest BCUT2D eigenvalue weighted by Gasteiger charge is -2.42. The topological polar surface area (TPSA) is 38.5 Å². The molecule has 0 radical (unpaired) electrons. The predicted molar refractivity (Wildman–Crippen MR) is 89.8 cm³/mol. The second-order valence-electron chi connectivity index (χ2n) is 5.84. The van der Waals surface area contributed by atoms with Gasteiger partial charge in [0.1, 0.15) is 0 Å². The minimum absolute atomic E-state index is 0.284. The van der Waals surface area contributed by atoms with Gasteiger partial charge in [-0.05, 0) is 35.7 Å². The Morgan fingerprint density at radius 2 is 2.24 bits per heavy atom. The first-order valence-electron chi connectivity index (χ1n) is 7.78. The molecule has 2 heterocycles. The second-order valence-corrected chi connectivity index (χ2v) is 6.75. The SMILES string of the molecule is CCC1COC(C)CN1C(CN)c1csc2ccccc12. The van der Waals surface area contributed by atoms with Gasteiger partial charge in [-0.15, -0.1) is 11.3 Å². The van der Waals surface area contributed by atoms with E-state index in [-0.39, 0.29) is 12.1 Å². The highest BCUT2D eigenvalue weighted by molar-refractivity contribution is 7.17. The molecule has 114 valence electrons. The smallest absolute Gasteiger partial charge is 0.0675 e. The van der Waals surface area contributed by atoms with E-state index in [1.165, 1.54) is 15.6 Å². The van der Waals surface area contributed by atoms with Gasteiger partial charge in [0.05, 0.1) is 12.7 Å². The quantitative estimate of drug-likeness (QED) is 0.941. The molecule has 1 aliphatic heterocycles. The number of hydrogen-bond donors (Lipinski definition) is 1. The van der Waals surface area contributed by atoms with Crippen molar-refractivity contribution in [2.75, 3.05) is 19.7 Å². The summed E-state index contributed by atoms with van der Waals surface area (Å²) in [6.07, 6.45) is 1.39. The first-order valence-corrected chi connectivity index (χ1v) is 8.66. The second kappa shape index (κ2) is 6.44. The van der Waals surface area contributed by atoms with Crippen molar-refractivity contribution in [2.24, 2.45) is 5.73 Å². The summed E-state index contributed by atoms with van der Waals surface area (Å²) in [5, 5.41) is 3.64. The van der Waals surface area contributed by atoms with Gasteiger partial charge < -0.3 is 10.5 Å². The largest absolute Gasteiger partial charge is 0.376 e. The van der Waals surface area contributed by atoms with Crippen molar-refractivity contribution in [1.82, 2.24) is 4.90 Å². The average Bonchev–Trinajstić information content (AvgIpc) is 2.93. The van der Waals surface area contributed by atoms with Crippen LogP contribution in [-0.4, -0.2) is 36.7 Å².